The number of pyridine rings is 1. The molecule has 0 atom stereocenters. The van der Waals surface area contributed by atoms with Gasteiger partial charge in [0.05, 0.1) is 5.56 Å². The zero-order valence-corrected chi connectivity index (χ0v) is 11.6. The number of fused-ring (bicyclic) bond motifs is 1. The van der Waals surface area contributed by atoms with Crippen LogP contribution in [-0.4, -0.2) is 36.2 Å². The van der Waals surface area contributed by atoms with Crippen LogP contribution in [0.25, 0.3) is 0 Å². The van der Waals surface area contributed by atoms with Crippen molar-refractivity contribution in [2.24, 2.45) is 17.9 Å². The zero-order valence-electron chi connectivity index (χ0n) is 10.8. The molecule has 0 amide bonds. The van der Waals surface area contributed by atoms with Crippen LogP contribution in [0.3, 0.4) is 0 Å². The summed E-state index contributed by atoms with van der Waals surface area (Å²) in [5.41, 5.74) is 8.58. The van der Waals surface area contributed by atoms with Gasteiger partial charge in [0.25, 0.3) is 0 Å². The molecule has 20 heavy (non-hydrogen) atoms. The summed E-state index contributed by atoms with van der Waals surface area (Å²) in [6, 6.07) is 1.94. The van der Waals surface area contributed by atoms with E-state index in [-0.39, 0.29) is 5.84 Å². The molecule has 2 heterocycles. The molecule has 8 nitrogen and oxygen atoms in total. The third kappa shape index (κ3) is 2.20. The number of amidine groups is 1. The van der Waals surface area contributed by atoms with E-state index >= 15 is 0 Å². The van der Waals surface area contributed by atoms with Crippen LogP contribution >= 0.6 is 11.8 Å². The molecule has 0 saturated heterocycles. The number of nitrogens with two attached hydrogens (primary N) is 1. The topological polar surface area (TPSA) is 115 Å². The van der Waals surface area contributed by atoms with Gasteiger partial charge in [0.1, 0.15) is 5.03 Å². The summed E-state index contributed by atoms with van der Waals surface area (Å²) in [4.78, 5) is 4.62. The van der Waals surface area contributed by atoms with Crippen molar-refractivity contribution in [3.63, 3.8) is 0 Å². The lowest BCUT2D eigenvalue weighted by Crippen LogP contribution is -2.16. The van der Waals surface area contributed by atoms with Crippen LogP contribution in [0.2, 0.25) is 0 Å². The fourth-order valence-corrected chi connectivity index (χ4v) is 3.01. The molecule has 0 saturated carbocycles. The highest BCUT2D eigenvalue weighted by molar-refractivity contribution is 7.99. The van der Waals surface area contributed by atoms with E-state index < -0.39 is 0 Å². The Bertz CT molecular complexity index is 681. The average molecular weight is 291 g/mol. The summed E-state index contributed by atoms with van der Waals surface area (Å²) in [6.45, 7) is 0. The maximum Gasteiger partial charge on any atom is 0.215 e. The Hall–Kier alpha value is -2.16. The summed E-state index contributed by atoms with van der Waals surface area (Å²) < 4.78 is 1.55. The van der Waals surface area contributed by atoms with E-state index in [1.165, 1.54) is 11.8 Å². The molecule has 0 spiro atoms. The summed E-state index contributed by atoms with van der Waals surface area (Å²) >= 11 is 1.30. The first-order valence-electron chi connectivity index (χ1n) is 6.10. The molecule has 1 aliphatic rings. The molecule has 0 fully saturated rings. The largest absolute Gasteiger partial charge is 0.409 e. The number of hydrogen-bond donors (Lipinski definition) is 2. The molecule has 0 aromatic carbocycles. The van der Waals surface area contributed by atoms with Gasteiger partial charge in [0, 0.05) is 12.7 Å². The second-order valence-electron chi connectivity index (χ2n) is 4.47. The Morgan fingerprint density at radius 1 is 1.50 bits per heavy atom. The summed E-state index contributed by atoms with van der Waals surface area (Å²) in [5, 5.41) is 24.5. The van der Waals surface area contributed by atoms with E-state index in [1.807, 2.05) is 6.07 Å². The molecule has 9 heteroatoms. The van der Waals surface area contributed by atoms with Crippen molar-refractivity contribution in [3.8, 4) is 0 Å². The molecular weight excluding hydrogens is 278 g/mol. The number of rotatable bonds is 3. The Morgan fingerprint density at radius 2 is 2.35 bits per heavy atom. The predicted octanol–water partition coefficient (Wildman–Crippen LogP) is 0.339. The summed E-state index contributed by atoms with van der Waals surface area (Å²) in [5.74, 6) is 0.0461. The highest BCUT2D eigenvalue weighted by Gasteiger charge is 2.20. The van der Waals surface area contributed by atoms with Gasteiger partial charge in [-0.2, -0.15) is 0 Å². The number of oxime groups is 1. The minimum absolute atomic E-state index is 0.0461. The molecule has 0 bridgehead atoms. The summed E-state index contributed by atoms with van der Waals surface area (Å²) in [6.07, 6.45) is 3.01. The molecule has 3 N–H and O–H groups in total. The van der Waals surface area contributed by atoms with E-state index in [9.17, 15) is 0 Å². The lowest BCUT2D eigenvalue weighted by atomic mass is 10.1. The minimum atomic E-state index is 0.0461. The van der Waals surface area contributed by atoms with Gasteiger partial charge in [-0.15, -0.1) is 5.10 Å². The fourth-order valence-electron chi connectivity index (χ4n) is 2.16. The van der Waals surface area contributed by atoms with Crippen molar-refractivity contribution in [1.29, 1.82) is 0 Å². The highest BCUT2D eigenvalue weighted by atomic mass is 32.2. The van der Waals surface area contributed by atoms with Crippen molar-refractivity contribution < 1.29 is 5.21 Å². The minimum Gasteiger partial charge on any atom is -0.409 e. The molecule has 0 aliphatic heterocycles. The quantitative estimate of drug-likeness (QED) is 0.362. The summed E-state index contributed by atoms with van der Waals surface area (Å²) in [7, 11) is 1.75. The number of tetrazole rings is 1. The van der Waals surface area contributed by atoms with Crippen molar-refractivity contribution in [1.82, 2.24) is 25.2 Å². The number of hydrogen-bond acceptors (Lipinski definition) is 7. The van der Waals surface area contributed by atoms with E-state index in [2.05, 4.69) is 25.7 Å². The van der Waals surface area contributed by atoms with Crippen molar-refractivity contribution in [2.45, 2.75) is 29.4 Å². The third-order valence-corrected chi connectivity index (χ3v) is 4.20. The molecule has 0 radical (unpaired) electrons. The lowest BCUT2D eigenvalue weighted by Gasteiger charge is -2.09. The fraction of sp³-hybridized carbons (Fsp3) is 0.364. The molecule has 1 aliphatic carbocycles. The molecule has 0 unspecified atom stereocenters. The normalized spacial score (nSPS) is 14.6. The second-order valence-corrected chi connectivity index (χ2v) is 5.43. The van der Waals surface area contributed by atoms with E-state index in [4.69, 9.17) is 10.9 Å². The molecular formula is C11H13N7OS. The van der Waals surface area contributed by atoms with Gasteiger partial charge in [0.2, 0.25) is 5.16 Å². The SMILES string of the molecule is Cn1nnnc1Sc1nc2c(cc1C(N)=NO)CCC2. The number of aromatic nitrogens is 5. The maximum absolute atomic E-state index is 8.92. The smallest absolute Gasteiger partial charge is 0.215 e. The number of aryl methyl sites for hydroxylation is 3. The van der Waals surface area contributed by atoms with E-state index in [0.717, 1.165) is 30.5 Å². The molecule has 2 aromatic heterocycles. The average Bonchev–Trinajstić information content (AvgIpc) is 3.06. The Balaban J connectivity index is 2.06. The van der Waals surface area contributed by atoms with Crippen LogP contribution in [0.4, 0.5) is 0 Å². The number of nitrogens with zero attached hydrogens (tertiary/aromatic N) is 6. The Morgan fingerprint density at radius 3 is 3.05 bits per heavy atom. The van der Waals surface area contributed by atoms with Crippen LogP contribution in [0, 0.1) is 0 Å². The van der Waals surface area contributed by atoms with Gasteiger partial charge < -0.3 is 10.9 Å². The Labute approximate surface area is 119 Å². The van der Waals surface area contributed by atoms with E-state index in [1.54, 1.807) is 11.7 Å². The van der Waals surface area contributed by atoms with Crippen molar-refractivity contribution in [2.75, 3.05) is 0 Å². The monoisotopic (exact) mass is 291 g/mol. The lowest BCUT2D eigenvalue weighted by molar-refractivity contribution is 0.318. The van der Waals surface area contributed by atoms with Crippen LogP contribution in [0.1, 0.15) is 23.2 Å². The third-order valence-electron chi connectivity index (χ3n) is 3.17. The van der Waals surface area contributed by atoms with Crippen LogP contribution in [-0.2, 0) is 19.9 Å². The molecule has 3 rings (SSSR count). The molecule has 2 aromatic rings. The van der Waals surface area contributed by atoms with Gasteiger partial charge in [-0.3, -0.25) is 0 Å². The van der Waals surface area contributed by atoms with Crippen LogP contribution < -0.4 is 5.73 Å². The predicted molar refractivity (Wildman–Crippen MR) is 71.7 cm³/mol. The van der Waals surface area contributed by atoms with Crippen LogP contribution in [0.15, 0.2) is 21.4 Å². The van der Waals surface area contributed by atoms with Gasteiger partial charge in [-0.1, -0.05) is 5.16 Å². The van der Waals surface area contributed by atoms with E-state index in [0.29, 0.717) is 15.7 Å². The van der Waals surface area contributed by atoms with Gasteiger partial charge in [-0.05, 0) is 53.1 Å². The van der Waals surface area contributed by atoms with Gasteiger partial charge in [0.15, 0.2) is 5.84 Å². The first kappa shape index (κ1) is 12.9. The molecule has 104 valence electrons. The standard InChI is InChI=1S/C11H13N7OS/c1-18-11(14-16-17-18)20-10-7(9(12)15-19)5-6-3-2-4-8(6)13-10/h5,19H,2-4H2,1H3,(H2,12,15). The van der Waals surface area contributed by atoms with Gasteiger partial charge in [-0.25, -0.2) is 9.67 Å². The first-order valence-corrected chi connectivity index (χ1v) is 6.91. The maximum atomic E-state index is 8.92. The van der Waals surface area contributed by atoms with Crippen LogP contribution in [0.5, 0.6) is 0 Å². The van der Waals surface area contributed by atoms with Gasteiger partial charge >= 0.3 is 0 Å². The second kappa shape index (κ2) is 5.08. The zero-order chi connectivity index (χ0) is 14.1. The van der Waals surface area contributed by atoms with Crippen molar-refractivity contribution in [3.05, 3.63) is 22.9 Å². The Kier molecular flexibility index (Phi) is 3.26. The highest BCUT2D eigenvalue weighted by Crippen LogP contribution is 2.31. The first-order chi connectivity index (χ1) is 9.69. The van der Waals surface area contributed by atoms with Crippen molar-refractivity contribution >= 4 is 17.6 Å².